The van der Waals surface area contributed by atoms with E-state index in [0.29, 0.717) is 10.7 Å². The third-order valence-electron chi connectivity index (χ3n) is 2.91. The van der Waals surface area contributed by atoms with Crippen molar-refractivity contribution in [3.63, 3.8) is 0 Å². The van der Waals surface area contributed by atoms with E-state index < -0.39 is 16.9 Å². The van der Waals surface area contributed by atoms with Crippen LogP contribution in [0.5, 0.6) is 5.75 Å². The van der Waals surface area contributed by atoms with Gasteiger partial charge in [-0.25, -0.2) is 0 Å². The second-order valence-corrected chi connectivity index (χ2v) is 5.39. The number of carbonyl (C=O) groups excluding carboxylic acids is 1. The number of hydrogen-bond acceptors (Lipinski definition) is 4. The fourth-order valence-corrected chi connectivity index (χ4v) is 2.10. The van der Waals surface area contributed by atoms with Crippen LogP contribution in [0.25, 0.3) is 0 Å². The number of nitrogens with one attached hydrogen (secondary N) is 1. The Bertz CT molecular complexity index is 752. The fourth-order valence-electron chi connectivity index (χ4n) is 1.76. The maximum Gasteiger partial charge on any atom is 0.271 e. The van der Waals surface area contributed by atoms with Crippen LogP contribution in [0.2, 0.25) is 10.0 Å². The molecule has 0 saturated heterocycles. The number of non-ortho nitro benzene ring substituents is 1. The molecule has 1 atom stereocenters. The number of nitro groups is 1. The van der Waals surface area contributed by atoms with Gasteiger partial charge in [-0.1, -0.05) is 35.3 Å². The van der Waals surface area contributed by atoms with Crippen LogP contribution >= 0.6 is 23.2 Å². The number of benzene rings is 2. The lowest BCUT2D eigenvalue weighted by Crippen LogP contribution is -2.30. The minimum absolute atomic E-state index is 0.116. The van der Waals surface area contributed by atoms with Crippen LogP contribution in [-0.2, 0) is 4.79 Å². The fraction of sp³-hybridized carbons (Fsp3) is 0.133. The summed E-state index contributed by atoms with van der Waals surface area (Å²) in [6.07, 6.45) is -0.870. The van der Waals surface area contributed by atoms with E-state index in [1.807, 2.05) is 0 Å². The second-order valence-electron chi connectivity index (χ2n) is 4.61. The van der Waals surface area contributed by atoms with E-state index in [1.54, 1.807) is 24.3 Å². The zero-order chi connectivity index (χ0) is 17.0. The Hall–Kier alpha value is -2.31. The van der Waals surface area contributed by atoms with E-state index >= 15 is 0 Å². The predicted octanol–water partition coefficient (Wildman–Crippen LogP) is 4.31. The van der Waals surface area contributed by atoms with Crippen LogP contribution in [0.3, 0.4) is 0 Å². The maximum atomic E-state index is 12.1. The minimum Gasteiger partial charge on any atom is -0.479 e. The number of anilines is 1. The first-order valence-corrected chi connectivity index (χ1v) is 7.30. The molecule has 1 amide bonds. The number of amides is 1. The van der Waals surface area contributed by atoms with Crippen molar-refractivity contribution in [1.82, 2.24) is 0 Å². The number of nitro benzene ring substituents is 1. The predicted molar refractivity (Wildman–Crippen MR) is 88.3 cm³/mol. The van der Waals surface area contributed by atoms with Crippen LogP contribution in [0.4, 0.5) is 11.4 Å². The molecule has 2 rings (SSSR count). The molecule has 2 aromatic rings. The number of halogens is 2. The number of nitrogens with zero attached hydrogens (tertiary/aromatic N) is 1. The molecule has 2 aromatic carbocycles. The smallest absolute Gasteiger partial charge is 0.271 e. The molecule has 0 saturated carbocycles. The normalized spacial score (nSPS) is 11.6. The highest BCUT2D eigenvalue weighted by Gasteiger charge is 2.18. The molecule has 23 heavy (non-hydrogen) atoms. The van der Waals surface area contributed by atoms with E-state index in [1.165, 1.54) is 25.1 Å². The van der Waals surface area contributed by atoms with Gasteiger partial charge in [0.05, 0.1) is 9.95 Å². The molecule has 1 unspecified atom stereocenters. The van der Waals surface area contributed by atoms with Crippen LogP contribution in [0.1, 0.15) is 6.92 Å². The molecule has 0 aromatic heterocycles. The summed E-state index contributed by atoms with van der Waals surface area (Å²) in [7, 11) is 0. The first-order valence-electron chi connectivity index (χ1n) is 6.54. The highest BCUT2D eigenvalue weighted by molar-refractivity contribution is 6.42. The molecule has 6 nitrogen and oxygen atoms in total. The van der Waals surface area contributed by atoms with Crippen LogP contribution in [0.15, 0.2) is 42.5 Å². The molecule has 120 valence electrons. The Morgan fingerprint density at radius 2 is 1.96 bits per heavy atom. The quantitative estimate of drug-likeness (QED) is 0.640. The molecule has 0 heterocycles. The van der Waals surface area contributed by atoms with E-state index in [9.17, 15) is 14.9 Å². The van der Waals surface area contributed by atoms with E-state index in [0.717, 1.165) is 0 Å². The van der Waals surface area contributed by atoms with Crippen molar-refractivity contribution in [1.29, 1.82) is 0 Å². The topological polar surface area (TPSA) is 81.5 Å². The number of rotatable bonds is 5. The maximum absolute atomic E-state index is 12.1. The van der Waals surface area contributed by atoms with E-state index in [2.05, 4.69) is 5.32 Å². The average molecular weight is 355 g/mol. The standard InChI is InChI=1S/C15H12Cl2N2O4/c1-9(23-13-7-3-6-12(16)14(13)17)15(20)18-10-4-2-5-11(8-10)19(21)22/h2-9H,1H3,(H,18,20). The molecule has 1 N–H and O–H groups in total. The van der Waals surface area contributed by atoms with Gasteiger partial charge in [0.2, 0.25) is 0 Å². The van der Waals surface area contributed by atoms with Gasteiger partial charge in [0.25, 0.3) is 11.6 Å². The molecular weight excluding hydrogens is 343 g/mol. The summed E-state index contributed by atoms with van der Waals surface area (Å²) in [6.45, 7) is 1.53. The Balaban J connectivity index is 2.07. The summed E-state index contributed by atoms with van der Waals surface area (Å²) >= 11 is 11.9. The van der Waals surface area contributed by atoms with Gasteiger partial charge in [0.1, 0.15) is 10.8 Å². The van der Waals surface area contributed by atoms with Gasteiger partial charge in [-0.3, -0.25) is 14.9 Å². The van der Waals surface area contributed by atoms with Crippen molar-refractivity contribution in [2.24, 2.45) is 0 Å². The Morgan fingerprint density at radius 3 is 2.65 bits per heavy atom. The Labute approximate surface area is 142 Å². The average Bonchev–Trinajstić information content (AvgIpc) is 2.52. The monoisotopic (exact) mass is 354 g/mol. The third-order valence-corrected chi connectivity index (χ3v) is 3.72. The summed E-state index contributed by atoms with van der Waals surface area (Å²) in [6, 6.07) is 10.5. The zero-order valence-electron chi connectivity index (χ0n) is 12.0. The minimum atomic E-state index is -0.870. The highest BCUT2D eigenvalue weighted by Crippen LogP contribution is 2.32. The summed E-state index contributed by atoms with van der Waals surface area (Å²) in [5, 5.41) is 13.8. The van der Waals surface area contributed by atoms with Gasteiger partial charge in [-0.05, 0) is 25.1 Å². The molecule has 0 aliphatic carbocycles. The Morgan fingerprint density at radius 1 is 1.26 bits per heavy atom. The number of ether oxygens (including phenoxy) is 1. The lowest BCUT2D eigenvalue weighted by atomic mass is 10.2. The van der Waals surface area contributed by atoms with Gasteiger partial charge >= 0.3 is 0 Å². The number of hydrogen-bond donors (Lipinski definition) is 1. The van der Waals surface area contributed by atoms with Crippen molar-refractivity contribution in [2.45, 2.75) is 13.0 Å². The SMILES string of the molecule is CC(Oc1cccc(Cl)c1Cl)C(=O)Nc1cccc([N+](=O)[O-])c1. The van der Waals surface area contributed by atoms with Gasteiger partial charge in [-0.2, -0.15) is 0 Å². The lowest BCUT2D eigenvalue weighted by molar-refractivity contribution is -0.384. The summed E-state index contributed by atoms with van der Waals surface area (Å²) in [5.41, 5.74) is 0.186. The lowest BCUT2D eigenvalue weighted by Gasteiger charge is -2.16. The zero-order valence-corrected chi connectivity index (χ0v) is 13.5. The Kier molecular flexibility index (Phi) is 5.41. The molecule has 0 radical (unpaired) electrons. The highest BCUT2D eigenvalue weighted by atomic mass is 35.5. The van der Waals surface area contributed by atoms with E-state index in [-0.39, 0.29) is 16.5 Å². The van der Waals surface area contributed by atoms with Gasteiger partial charge in [-0.15, -0.1) is 0 Å². The molecule has 0 aliphatic rings. The van der Waals surface area contributed by atoms with E-state index in [4.69, 9.17) is 27.9 Å². The van der Waals surface area contributed by atoms with Crippen LogP contribution in [0, 0.1) is 10.1 Å². The van der Waals surface area contributed by atoms with Crippen molar-refractivity contribution in [3.8, 4) is 5.75 Å². The molecule has 0 fully saturated rings. The molecular formula is C15H12Cl2N2O4. The first-order chi connectivity index (χ1) is 10.9. The van der Waals surface area contributed by atoms with Gasteiger partial charge in [0, 0.05) is 17.8 Å². The van der Waals surface area contributed by atoms with Crippen molar-refractivity contribution in [3.05, 3.63) is 62.6 Å². The molecule has 8 heteroatoms. The summed E-state index contributed by atoms with van der Waals surface area (Å²) in [5.74, 6) is -0.192. The van der Waals surface area contributed by atoms with Crippen molar-refractivity contribution >= 4 is 40.5 Å². The summed E-state index contributed by atoms with van der Waals surface area (Å²) in [4.78, 5) is 22.3. The molecule has 0 spiro atoms. The third kappa shape index (κ3) is 4.34. The second kappa shape index (κ2) is 7.30. The van der Waals surface area contributed by atoms with Gasteiger partial charge < -0.3 is 10.1 Å². The summed E-state index contributed by atoms with van der Waals surface area (Å²) < 4.78 is 5.48. The van der Waals surface area contributed by atoms with Crippen LogP contribution < -0.4 is 10.1 Å². The van der Waals surface area contributed by atoms with Crippen molar-refractivity contribution in [2.75, 3.05) is 5.32 Å². The van der Waals surface area contributed by atoms with Gasteiger partial charge in [0.15, 0.2) is 6.10 Å². The number of carbonyl (C=O) groups is 1. The first kappa shape index (κ1) is 17.1. The molecule has 0 aliphatic heterocycles. The van der Waals surface area contributed by atoms with Crippen molar-refractivity contribution < 1.29 is 14.5 Å². The largest absolute Gasteiger partial charge is 0.479 e. The molecule has 0 bridgehead atoms. The van der Waals surface area contributed by atoms with Crippen LogP contribution in [-0.4, -0.2) is 16.9 Å².